The van der Waals surface area contributed by atoms with Crippen molar-refractivity contribution in [1.82, 2.24) is 19.5 Å². The van der Waals surface area contributed by atoms with Crippen molar-refractivity contribution < 1.29 is 13.2 Å². The fourth-order valence-electron chi connectivity index (χ4n) is 7.09. The third kappa shape index (κ3) is 5.02. The van der Waals surface area contributed by atoms with Crippen LogP contribution in [0.1, 0.15) is 0 Å². The quantitative estimate of drug-likeness (QED) is 0.182. The van der Waals surface area contributed by atoms with Gasteiger partial charge in [0.05, 0.1) is 11.0 Å². The average molecular weight is 677 g/mol. The van der Waals surface area contributed by atoms with Crippen molar-refractivity contribution in [3.8, 4) is 51.0 Å². The van der Waals surface area contributed by atoms with E-state index in [0.29, 0.717) is 28.5 Å². The first-order valence-corrected chi connectivity index (χ1v) is 16.9. The second kappa shape index (κ2) is 11.8. The van der Waals surface area contributed by atoms with Crippen molar-refractivity contribution in [2.75, 3.05) is 0 Å². The summed E-state index contributed by atoms with van der Waals surface area (Å²) in [6, 6.07) is 49.3. The molecule has 0 spiro atoms. The first-order valence-electron chi connectivity index (χ1n) is 16.9. The maximum Gasteiger partial charge on any atom is 0.164 e. The van der Waals surface area contributed by atoms with E-state index in [2.05, 4.69) is 12.1 Å². The van der Waals surface area contributed by atoms with Gasteiger partial charge in [-0.25, -0.2) is 23.7 Å². The highest BCUT2D eigenvalue weighted by Crippen LogP contribution is 2.36. The van der Waals surface area contributed by atoms with Crippen LogP contribution in [0.2, 0.25) is 0 Å². The summed E-state index contributed by atoms with van der Waals surface area (Å²) in [6.07, 6.45) is 0. The van der Waals surface area contributed by atoms with E-state index in [1.165, 1.54) is 24.3 Å². The third-order valence-electron chi connectivity index (χ3n) is 9.58. The molecule has 3 aromatic heterocycles. The van der Waals surface area contributed by atoms with E-state index in [-0.39, 0.29) is 11.6 Å². The zero-order valence-corrected chi connectivity index (χ0v) is 27.5. The van der Waals surface area contributed by atoms with E-state index in [0.717, 1.165) is 66.2 Å². The van der Waals surface area contributed by atoms with Crippen LogP contribution in [0.15, 0.2) is 162 Å². The van der Waals surface area contributed by atoms with Gasteiger partial charge in [-0.05, 0) is 77.9 Å². The van der Waals surface area contributed by atoms with Gasteiger partial charge in [0.15, 0.2) is 17.5 Å². The number of hydrogen-bond donors (Lipinski definition) is 0. The normalized spacial score (nSPS) is 11.7. The summed E-state index contributed by atoms with van der Waals surface area (Å²) in [4.78, 5) is 14.8. The van der Waals surface area contributed by atoms with Crippen molar-refractivity contribution in [3.05, 3.63) is 169 Å². The summed E-state index contributed by atoms with van der Waals surface area (Å²) in [5.41, 5.74) is 8.21. The molecule has 52 heavy (non-hydrogen) atoms. The third-order valence-corrected chi connectivity index (χ3v) is 9.58. The Kier molecular flexibility index (Phi) is 6.79. The number of para-hydroxylation sites is 1. The number of fused-ring (bicyclic) bond motifs is 6. The van der Waals surface area contributed by atoms with Crippen LogP contribution in [0, 0.1) is 11.6 Å². The minimum Gasteiger partial charge on any atom is -0.456 e. The Hall–Kier alpha value is -6.99. The van der Waals surface area contributed by atoms with E-state index >= 15 is 0 Å². The van der Waals surface area contributed by atoms with E-state index < -0.39 is 0 Å². The van der Waals surface area contributed by atoms with Crippen molar-refractivity contribution in [1.29, 1.82) is 0 Å². The van der Waals surface area contributed by atoms with Crippen molar-refractivity contribution in [2.45, 2.75) is 0 Å². The second-order valence-corrected chi connectivity index (χ2v) is 12.8. The number of halogens is 2. The van der Waals surface area contributed by atoms with Crippen LogP contribution in [-0.2, 0) is 0 Å². The predicted octanol–water partition coefficient (Wildman–Crippen LogP) is 11.8. The molecule has 246 valence electrons. The molecule has 0 saturated heterocycles. The Labute approximate surface area is 296 Å². The molecule has 10 aromatic rings. The first kappa shape index (κ1) is 29.9. The SMILES string of the molecule is Fc1ccc2c3ccc(F)cc3n(-c3cccc(-c4ccc(-c5nc(-c6ccccc6)nc(-c6ccc7c(c6)oc6ccccc67)n5)cc4)c3)c2c1. The minimum atomic E-state index is -0.351. The molecule has 5 nitrogen and oxygen atoms in total. The average Bonchev–Trinajstić information content (AvgIpc) is 3.72. The monoisotopic (exact) mass is 676 g/mol. The molecule has 0 aliphatic carbocycles. The Balaban J connectivity index is 1.05. The molecule has 0 radical (unpaired) electrons. The summed E-state index contributed by atoms with van der Waals surface area (Å²) in [7, 11) is 0. The predicted molar refractivity (Wildman–Crippen MR) is 203 cm³/mol. The Morgan fingerprint density at radius 2 is 0.923 bits per heavy atom. The number of aromatic nitrogens is 4. The zero-order valence-electron chi connectivity index (χ0n) is 27.5. The van der Waals surface area contributed by atoms with E-state index in [9.17, 15) is 8.78 Å². The number of benzene rings is 7. The number of furan rings is 1. The van der Waals surface area contributed by atoms with Crippen molar-refractivity contribution >= 4 is 43.7 Å². The van der Waals surface area contributed by atoms with Crippen LogP contribution >= 0.6 is 0 Å². The van der Waals surface area contributed by atoms with Gasteiger partial charge in [-0.15, -0.1) is 0 Å². The number of hydrogen-bond acceptors (Lipinski definition) is 4. The van der Waals surface area contributed by atoms with Crippen LogP contribution in [0.25, 0.3) is 94.7 Å². The topological polar surface area (TPSA) is 56.7 Å². The van der Waals surface area contributed by atoms with Gasteiger partial charge in [0.2, 0.25) is 0 Å². The molecule has 0 aliphatic heterocycles. The fourth-order valence-corrected chi connectivity index (χ4v) is 7.09. The molecule has 0 amide bonds. The first-order chi connectivity index (χ1) is 25.6. The van der Waals surface area contributed by atoms with Gasteiger partial charge in [-0.1, -0.05) is 91.0 Å². The Morgan fingerprint density at radius 3 is 1.63 bits per heavy atom. The van der Waals surface area contributed by atoms with Crippen molar-refractivity contribution in [2.24, 2.45) is 0 Å². The highest BCUT2D eigenvalue weighted by atomic mass is 19.1. The number of rotatable bonds is 5. The maximum atomic E-state index is 14.5. The lowest BCUT2D eigenvalue weighted by Crippen LogP contribution is -2.00. The molecule has 10 rings (SSSR count). The van der Waals surface area contributed by atoms with Gasteiger partial charge in [0, 0.05) is 43.9 Å². The van der Waals surface area contributed by atoms with Gasteiger partial charge < -0.3 is 8.98 Å². The molecule has 0 N–H and O–H groups in total. The van der Waals surface area contributed by atoms with Gasteiger partial charge in [0.1, 0.15) is 22.8 Å². The van der Waals surface area contributed by atoms with Crippen LogP contribution in [0.4, 0.5) is 8.78 Å². The second-order valence-electron chi connectivity index (χ2n) is 12.8. The molecule has 0 unspecified atom stereocenters. The largest absolute Gasteiger partial charge is 0.456 e. The smallest absolute Gasteiger partial charge is 0.164 e. The molecule has 0 saturated carbocycles. The molecule has 3 heterocycles. The molecule has 0 bridgehead atoms. The summed E-state index contributed by atoms with van der Waals surface area (Å²) in [5.74, 6) is 0.956. The van der Waals surface area contributed by atoms with Crippen LogP contribution in [0.3, 0.4) is 0 Å². The van der Waals surface area contributed by atoms with Gasteiger partial charge >= 0.3 is 0 Å². The summed E-state index contributed by atoms with van der Waals surface area (Å²) < 4.78 is 37.1. The van der Waals surface area contributed by atoms with Gasteiger partial charge in [-0.2, -0.15) is 0 Å². The summed E-state index contributed by atoms with van der Waals surface area (Å²) in [5, 5.41) is 3.81. The Bertz CT molecular complexity index is 2930. The van der Waals surface area contributed by atoms with Gasteiger partial charge in [-0.3, -0.25) is 0 Å². The zero-order chi connectivity index (χ0) is 34.8. The molecule has 0 aliphatic rings. The number of nitrogens with zero attached hydrogens (tertiary/aromatic N) is 4. The Morgan fingerprint density at radius 1 is 0.385 bits per heavy atom. The summed E-state index contributed by atoms with van der Waals surface area (Å²) >= 11 is 0. The molecule has 0 atom stereocenters. The van der Waals surface area contributed by atoms with E-state index in [4.69, 9.17) is 19.4 Å². The lowest BCUT2D eigenvalue weighted by atomic mass is 10.0. The standard InChI is InChI=1S/C45H26F2N4O/c46-32-18-21-35-36-22-19-33(47)26-40(36)51(39(35)25-32)34-10-6-9-30(23-34)27-13-15-29(16-14-27)44-48-43(28-7-2-1-3-8-28)49-45(50-44)31-17-20-38-37-11-4-5-12-41(37)52-42(38)24-31/h1-26H. The highest BCUT2D eigenvalue weighted by molar-refractivity contribution is 6.09. The minimum absolute atomic E-state index is 0.351. The maximum absolute atomic E-state index is 14.5. The summed E-state index contributed by atoms with van der Waals surface area (Å²) in [6.45, 7) is 0. The van der Waals surface area contributed by atoms with Crippen LogP contribution < -0.4 is 0 Å². The van der Waals surface area contributed by atoms with Gasteiger partial charge in [0.25, 0.3) is 0 Å². The van der Waals surface area contributed by atoms with E-state index in [1.54, 1.807) is 12.1 Å². The molecule has 0 fully saturated rings. The molecule has 7 aromatic carbocycles. The van der Waals surface area contributed by atoms with Crippen molar-refractivity contribution in [3.63, 3.8) is 0 Å². The highest BCUT2D eigenvalue weighted by Gasteiger charge is 2.17. The lowest BCUT2D eigenvalue weighted by molar-refractivity contribution is 0.629. The fraction of sp³-hybridized carbons (Fsp3) is 0. The molecular weight excluding hydrogens is 651 g/mol. The van der Waals surface area contributed by atoms with E-state index in [1.807, 2.05) is 114 Å². The lowest BCUT2D eigenvalue weighted by Gasteiger charge is -2.11. The molecule has 7 heteroatoms. The van der Waals surface area contributed by atoms with Crippen LogP contribution in [-0.4, -0.2) is 19.5 Å². The molecular formula is C45H26F2N4O. The van der Waals surface area contributed by atoms with Crippen LogP contribution in [0.5, 0.6) is 0 Å².